The molecule has 2 atom stereocenters. The minimum atomic E-state index is -0.739. The number of nitriles is 1. The summed E-state index contributed by atoms with van der Waals surface area (Å²) in [5.74, 6) is 1.99. The summed E-state index contributed by atoms with van der Waals surface area (Å²) in [5.41, 5.74) is 2.61. The molecule has 1 aliphatic heterocycles. The quantitative estimate of drug-likeness (QED) is 0.228. The SMILES string of the molecule is C[C@@H]1N(c2nc(N[C@H]3CC[C@H](N(C(=O)NCc4ccccc4)c4ccc(-c5cnn(C)c5)cn4)CC3)ncc2C#N)CC[C@@]1(O)C1CC1. The third-order valence-electron chi connectivity index (χ3n) is 10.3. The molecule has 12 heteroatoms. The van der Waals surface area contributed by atoms with Gasteiger partial charge >= 0.3 is 6.03 Å². The molecule has 0 unspecified atom stereocenters. The predicted molar refractivity (Wildman–Crippen MR) is 183 cm³/mol. The molecule has 12 nitrogen and oxygen atoms in total. The van der Waals surface area contributed by atoms with Gasteiger partial charge in [-0.3, -0.25) is 9.58 Å². The Morgan fingerprint density at radius 2 is 1.83 bits per heavy atom. The minimum absolute atomic E-state index is 0.0430. The van der Waals surface area contributed by atoms with Gasteiger partial charge in [0.05, 0.1) is 24.0 Å². The third-order valence-corrected chi connectivity index (χ3v) is 10.3. The number of nitrogens with one attached hydrogen (secondary N) is 2. The van der Waals surface area contributed by atoms with E-state index in [0.717, 1.165) is 55.2 Å². The average Bonchev–Trinajstić information content (AvgIpc) is 3.82. The van der Waals surface area contributed by atoms with E-state index >= 15 is 0 Å². The Morgan fingerprint density at radius 1 is 1.04 bits per heavy atom. The number of carbonyl (C=O) groups is 1. The van der Waals surface area contributed by atoms with E-state index in [0.29, 0.717) is 48.6 Å². The smallest absolute Gasteiger partial charge is 0.323 e. The molecule has 0 radical (unpaired) electrons. The Kier molecular flexibility index (Phi) is 8.71. The Morgan fingerprint density at radius 3 is 2.50 bits per heavy atom. The highest BCUT2D eigenvalue weighted by molar-refractivity contribution is 5.91. The van der Waals surface area contributed by atoms with Gasteiger partial charge in [-0.1, -0.05) is 30.3 Å². The maximum absolute atomic E-state index is 13.8. The number of aromatic nitrogens is 5. The van der Waals surface area contributed by atoms with Gasteiger partial charge in [-0.25, -0.2) is 14.8 Å². The molecule has 7 rings (SSSR count). The number of aliphatic hydroxyl groups is 1. The number of benzene rings is 1. The number of hydrogen-bond acceptors (Lipinski definition) is 9. The van der Waals surface area contributed by atoms with Crippen LogP contribution in [0.5, 0.6) is 0 Å². The zero-order valence-electron chi connectivity index (χ0n) is 27.5. The lowest BCUT2D eigenvalue weighted by molar-refractivity contribution is 0.0142. The van der Waals surface area contributed by atoms with Crippen molar-refractivity contribution in [3.63, 3.8) is 0 Å². The van der Waals surface area contributed by atoms with Gasteiger partial charge < -0.3 is 20.6 Å². The average molecular weight is 647 g/mol. The van der Waals surface area contributed by atoms with Crippen LogP contribution >= 0.6 is 0 Å². The van der Waals surface area contributed by atoms with Crippen molar-refractivity contribution in [1.29, 1.82) is 5.26 Å². The molecule has 1 aromatic carbocycles. The van der Waals surface area contributed by atoms with Crippen LogP contribution in [0.1, 0.15) is 63.0 Å². The monoisotopic (exact) mass is 646 g/mol. The Hall–Kier alpha value is -5.02. The van der Waals surface area contributed by atoms with Crippen LogP contribution < -0.4 is 20.4 Å². The standard InChI is InChI=1S/C36H42N10O2/c1-24-36(48,29-9-10-29)16-17-45(24)33-27(18-37)21-39-34(43-33)42-30-11-13-31(14-12-30)46(35(47)40-19-25-6-4-3-5-7-25)32-15-8-26(20-38-32)28-22-41-44(2)23-28/h3-8,15,20-24,29-31,48H,9-14,16-17,19H2,1-2H3,(H,40,47)(H,39,42,43)/t24-,30-,31-,36-/m0/s1. The van der Waals surface area contributed by atoms with Crippen molar-refractivity contribution in [1.82, 2.24) is 30.0 Å². The van der Waals surface area contributed by atoms with Gasteiger partial charge in [0.1, 0.15) is 17.5 Å². The molecule has 2 saturated carbocycles. The fraction of sp³-hybridized carbons (Fsp3) is 0.444. The minimum Gasteiger partial charge on any atom is -0.387 e. The molecule has 3 N–H and O–H groups in total. The van der Waals surface area contributed by atoms with E-state index in [-0.39, 0.29) is 24.2 Å². The highest BCUT2D eigenvalue weighted by atomic mass is 16.3. The number of amides is 2. The second-order valence-corrected chi connectivity index (χ2v) is 13.4. The van der Waals surface area contributed by atoms with Crippen molar-refractivity contribution in [2.75, 3.05) is 21.7 Å². The van der Waals surface area contributed by atoms with E-state index < -0.39 is 5.60 Å². The van der Waals surface area contributed by atoms with Crippen LogP contribution in [0.2, 0.25) is 0 Å². The first kappa shape index (κ1) is 31.6. The van der Waals surface area contributed by atoms with E-state index in [1.54, 1.807) is 28.2 Å². The number of rotatable bonds is 9. The van der Waals surface area contributed by atoms with Gasteiger partial charge in [-0.05, 0) is 75.5 Å². The van der Waals surface area contributed by atoms with Crippen molar-refractivity contribution in [2.24, 2.45) is 13.0 Å². The first-order chi connectivity index (χ1) is 23.3. The Bertz CT molecular complexity index is 1780. The summed E-state index contributed by atoms with van der Waals surface area (Å²) >= 11 is 0. The lowest BCUT2D eigenvalue weighted by Gasteiger charge is -2.36. The molecule has 3 aliphatic rings. The van der Waals surface area contributed by atoms with Crippen LogP contribution in [0.3, 0.4) is 0 Å². The number of pyridine rings is 1. The number of carbonyl (C=O) groups excluding carboxylic acids is 1. The first-order valence-corrected chi connectivity index (χ1v) is 16.9. The molecule has 1 saturated heterocycles. The van der Waals surface area contributed by atoms with Crippen molar-refractivity contribution in [3.05, 3.63) is 78.4 Å². The summed E-state index contributed by atoms with van der Waals surface area (Å²) in [5, 5.41) is 32.1. The number of nitrogens with zero attached hydrogens (tertiary/aromatic N) is 8. The molecule has 0 spiro atoms. The number of urea groups is 1. The van der Waals surface area contributed by atoms with Gasteiger partial charge in [0.25, 0.3) is 0 Å². The van der Waals surface area contributed by atoms with E-state index in [2.05, 4.69) is 31.7 Å². The van der Waals surface area contributed by atoms with Gasteiger partial charge in [0.15, 0.2) is 5.82 Å². The zero-order chi connectivity index (χ0) is 33.3. The normalized spacial score (nSPS) is 23.8. The van der Waals surface area contributed by atoms with Crippen molar-refractivity contribution >= 4 is 23.6 Å². The highest BCUT2D eigenvalue weighted by Gasteiger charge is 2.53. The van der Waals surface area contributed by atoms with Crippen molar-refractivity contribution in [3.8, 4) is 17.2 Å². The summed E-state index contributed by atoms with van der Waals surface area (Å²) in [6, 6.07) is 15.8. The summed E-state index contributed by atoms with van der Waals surface area (Å²) in [6.45, 7) is 3.11. The van der Waals surface area contributed by atoms with E-state index in [4.69, 9.17) is 9.97 Å². The molecule has 48 heavy (non-hydrogen) atoms. The fourth-order valence-corrected chi connectivity index (χ4v) is 7.38. The number of anilines is 3. The summed E-state index contributed by atoms with van der Waals surface area (Å²) < 4.78 is 1.75. The summed E-state index contributed by atoms with van der Waals surface area (Å²) in [4.78, 5) is 31.7. The zero-order valence-corrected chi connectivity index (χ0v) is 27.5. The van der Waals surface area contributed by atoms with Crippen LogP contribution in [0, 0.1) is 17.2 Å². The van der Waals surface area contributed by atoms with Gasteiger partial charge in [-0.2, -0.15) is 15.3 Å². The largest absolute Gasteiger partial charge is 0.387 e. The molecular weight excluding hydrogens is 604 g/mol. The lowest BCUT2D eigenvalue weighted by Crippen LogP contribution is -2.49. The maximum Gasteiger partial charge on any atom is 0.323 e. The van der Waals surface area contributed by atoms with Crippen molar-refractivity contribution < 1.29 is 9.90 Å². The van der Waals surface area contributed by atoms with Gasteiger partial charge in [0.2, 0.25) is 5.95 Å². The summed E-state index contributed by atoms with van der Waals surface area (Å²) in [7, 11) is 1.88. The second kappa shape index (κ2) is 13.2. The molecule has 3 fully saturated rings. The third kappa shape index (κ3) is 6.42. The Balaban J connectivity index is 1.04. The van der Waals surface area contributed by atoms with E-state index in [1.807, 2.05) is 62.6 Å². The number of hydrogen-bond donors (Lipinski definition) is 3. The summed E-state index contributed by atoms with van der Waals surface area (Å²) in [6.07, 6.45) is 13.0. The second-order valence-electron chi connectivity index (χ2n) is 13.4. The molecule has 2 aliphatic carbocycles. The molecule has 4 heterocycles. The number of aryl methyl sites for hydroxylation is 1. The predicted octanol–water partition coefficient (Wildman–Crippen LogP) is 5.02. The van der Waals surface area contributed by atoms with Crippen LogP contribution in [0.25, 0.3) is 11.1 Å². The van der Waals surface area contributed by atoms with Gasteiger partial charge in [-0.15, -0.1) is 0 Å². The molecule has 248 valence electrons. The van der Waals surface area contributed by atoms with Crippen LogP contribution in [0.15, 0.2) is 67.3 Å². The molecular formula is C36H42N10O2. The van der Waals surface area contributed by atoms with Gasteiger partial charge in [0, 0.05) is 55.7 Å². The van der Waals surface area contributed by atoms with E-state index in [1.165, 1.54) is 0 Å². The van der Waals surface area contributed by atoms with Crippen molar-refractivity contribution in [2.45, 2.75) is 82.1 Å². The molecule has 0 bridgehead atoms. The lowest BCUT2D eigenvalue weighted by atomic mass is 9.90. The molecule has 3 aromatic heterocycles. The van der Waals surface area contributed by atoms with E-state index in [9.17, 15) is 15.2 Å². The van der Waals surface area contributed by atoms with Crippen LogP contribution in [0.4, 0.5) is 22.4 Å². The Labute approximate surface area is 280 Å². The maximum atomic E-state index is 13.8. The fourth-order valence-electron chi connectivity index (χ4n) is 7.38. The van der Waals surface area contributed by atoms with Crippen LogP contribution in [-0.2, 0) is 13.6 Å². The molecule has 2 amide bonds. The van der Waals surface area contributed by atoms with Crippen LogP contribution in [-0.4, -0.2) is 66.1 Å². The topological polar surface area (TPSA) is 148 Å². The molecule has 4 aromatic rings. The highest BCUT2D eigenvalue weighted by Crippen LogP contribution is 2.48. The first-order valence-electron chi connectivity index (χ1n) is 16.9.